The molecule has 2 unspecified atom stereocenters. The maximum Gasteiger partial charge on any atom is 0.193 e. The van der Waals surface area contributed by atoms with Crippen LogP contribution >= 0.6 is 0 Å². The van der Waals surface area contributed by atoms with Gasteiger partial charge in [-0.1, -0.05) is 12.1 Å². The van der Waals surface area contributed by atoms with E-state index in [0.29, 0.717) is 29.0 Å². The monoisotopic (exact) mass is 443 g/mol. The molecule has 8 heteroatoms. The van der Waals surface area contributed by atoms with Crippen LogP contribution in [0.3, 0.4) is 0 Å². The van der Waals surface area contributed by atoms with Crippen molar-refractivity contribution < 1.29 is 34.3 Å². The van der Waals surface area contributed by atoms with Crippen molar-refractivity contribution in [1.29, 1.82) is 0 Å². The number of phenols is 2. The summed E-state index contributed by atoms with van der Waals surface area (Å²) >= 11 is 0. The van der Waals surface area contributed by atoms with E-state index in [1.54, 1.807) is 18.2 Å². The molecule has 0 radical (unpaired) electrons. The fraction of sp³-hybridized carbons (Fsp3) is 0.375. The number of carbonyl (C=O) groups is 1. The number of likely N-dealkylation sites (tertiary alicyclic amines) is 1. The van der Waals surface area contributed by atoms with Crippen molar-refractivity contribution in [3.63, 3.8) is 0 Å². The maximum atomic E-state index is 13.1. The number of aliphatic hydroxyl groups excluding tert-OH is 1. The Bertz CT molecular complexity index is 1020. The summed E-state index contributed by atoms with van der Waals surface area (Å²) in [5, 5.41) is 31.0. The van der Waals surface area contributed by atoms with Gasteiger partial charge in [0.2, 0.25) is 0 Å². The number of nitrogens with zero attached hydrogens (tertiary/aromatic N) is 1. The third kappa shape index (κ3) is 4.37. The Labute approximate surface area is 187 Å². The first-order chi connectivity index (χ1) is 15.4. The highest BCUT2D eigenvalue weighted by atomic mass is 16.5. The van der Waals surface area contributed by atoms with E-state index in [-0.39, 0.29) is 41.4 Å². The summed E-state index contributed by atoms with van der Waals surface area (Å²) in [5.74, 6) is -0.0271. The molecule has 1 saturated heterocycles. The fourth-order valence-corrected chi connectivity index (χ4v) is 4.24. The molecular formula is C24H29NO7. The number of hydrogen-bond acceptors (Lipinski definition) is 8. The first kappa shape index (κ1) is 23.4. The van der Waals surface area contributed by atoms with Crippen LogP contribution in [-0.2, 0) is 0 Å². The van der Waals surface area contributed by atoms with Gasteiger partial charge in [-0.25, -0.2) is 0 Å². The molecule has 3 N–H and O–H groups in total. The minimum atomic E-state index is -0.467. The van der Waals surface area contributed by atoms with Crippen LogP contribution in [0.2, 0.25) is 0 Å². The molecule has 2 aromatic carbocycles. The Morgan fingerprint density at radius 2 is 1.78 bits per heavy atom. The first-order valence-corrected chi connectivity index (χ1v) is 10.2. The lowest BCUT2D eigenvalue weighted by Gasteiger charge is -2.26. The molecule has 0 aromatic heterocycles. The SMILES string of the molecule is COc1ccc(/C=C/C(=O)c2c(OC)cc(OC)c(C3CCN(C)C3CO)c2O)cc1O. The normalized spacial score (nSPS) is 18.8. The highest BCUT2D eigenvalue weighted by Gasteiger charge is 2.37. The molecule has 1 aliphatic rings. The number of likely N-dealkylation sites (N-methyl/N-ethyl adjacent to an activating group) is 1. The largest absolute Gasteiger partial charge is 0.507 e. The molecule has 0 bridgehead atoms. The average molecular weight is 443 g/mol. The van der Waals surface area contributed by atoms with Crippen molar-refractivity contribution in [2.45, 2.75) is 18.4 Å². The lowest BCUT2D eigenvalue weighted by atomic mass is 9.87. The van der Waals surface area contributed by atoms with E-state index in [4.69, 9.17) is 14.2 Å². The third-order valence-electron chi connectivity index (χ3n) is 5.96. The van der Waals surface area contributed by atoms with E-state index in [0.717, 1.165) is 6.54 Å². The smallest absolute Gasteiger partial charge is 0.193 e. The van der Waals surface area contributed by atoms with Gasteiger partial charge in [0, 0.05) is 23.6 Å². The second-order valence-electron chi connectivity index (χ2n) is 7.67. The Kier molecular flexibility index (Phi) is 7.27. The van der Waals surface area contributed by atoms with Crippen molar-refractivity contribution >= 4 is 11.9 Å². The Balaban J connectivity index is 2.03. The van der Waals surface area contributed by atoms with Crippen molar-refractivity contribution in [2.75, 3.05) is 41.5 Å². The van der Waals surface area contributed by atoms with Crippen LogP contribution in [0.1, 0.15) is 33.8 Å². The van der Waals surface area contributed by atoms with Crippen LogP contribution in [0, 0.1) is 0 Å². The summed E-state index contributed by atoms with van der Waals surface area (Å²) in [6, 6.07) is 6.14. The lowest BCUT2D eigenvalue weighted by Crippen LogP contribution is -2.32. The molecule has 8 nitrogen and oxygen atoms in total. The minimum Gasteiger partial charge on any atom is -0.507 e. The van der Waals surface area contributed by atoms with Gasteiger partial charge >= 0.3 is 0 Å². The van der Waals surface area contributed by atoms with Crippen LogP contribution in [0.25, 0.3) is 6.08 Å². The highest BCUT2D eigenvalue weighted by molar-refractivity contribution is 6.11. The van der Waals surface area contributed by atoms with Crippen molar-refractivity contribution in [3.05, 3.63) is 47.0 Å². The van der Waals surface area contributed by atoms with Gasteiger partial charge in [-0.2, -0.15) is 0 Å². The van der Waals surface area contributed by atoms with E-state index < -0.39 is 5.78 Å². The minimum absolute atomic E-state index is 0.0172. The quantitative estimate of drug-likeness (QED) is 0.422. The van der Waals surface area contributed by atoms with Crippen LogP contribution in [0.15, 0.2) is 30.3 Å². The molecule has 1 heterocycles. The molecule has 2 aromatic rings. The second kappa shape index (κ2) is 9.93. The van der Waals surface area contributed by atoms with Gasteiger partial charge in [-0.15, -0.1) is 0 Å². The number of allylic oxidation sites excluding steroid dienone is 1. The summed E-state index contributed by atoms with van der Waals surface area (Å²) < 4.78 is 15.9. The number of ketones is 1. The number of aromatic hydroxyl groups is 2. The molecular weight excluding hydrogens is 414 g/mol. The predicted molar refractivity (Wildman–Crippen MR) is 120 cm³/mol. The summed E-state index contributed by atoms with van der Waals surface area (Å²) in [6.45, 7) is 0.661. The Hall–Kier alpha value is -3.23. The molecule has 0 saturated carbocycles. The summed E-state index contributed by atoms with van der Waals surface area (Å²) in [5.41, 5.74) is 1.08. The number of carbonyl (C=O) groups excluding carboxylic acids is 1. The van der Waals surface area contributed by atoms with Crippen molar-refractivity contribution in [1.82, 2.24) is 4.90 Å². The Morgan fingerprint density at radius 1 is 1.09 bits per heavy atom. The molecule has 172 valence electrons. The number of ether oxygens (including phenoxy) is 3. The predicted octanol–water partition coefficient (Wildman–Crippen LogP) is 2.80. The summed E-state index contributed by atoms with van der Waals surface area (Å²) in [6.07, 6.45) is 3.54. The number of phenolic OH excluding ortho intramolecular Hbond substituents is 2. The zero-order valence-electron chi connectivity index (χ0n) is 18.7. The van der Waals surface area contributed by atoms with Crippen LogP contribution in [0.4, 0.5) is 0 Å². The molecule has 0 aliphatic carbocycles. The van der Waals surface area contributed by atoms with Gasteiger partial charge in [0.05, 0.1) is 27.9 Å². The zero-order chi connectivity index (χ0) is 23.4. The summed E-state index contributed by atoms with van der Waals surface area (Å²) in [7, 11) is 6.26. The van der Waals surface area contributed by atoms with Crippen molar-refractivity contribution in [2.24, 2.45) is 0 Å². The molecule has 2 atom stereocenters. The number of benzene rings is 2. The van der Waals surface area contributed by atoms with Gasteiger partial charge in [0.1, 0.15) is 22.8 Å². The van der Waals surface area contributed by atoms with E-state index in [1.807, 2.05) is 11.9 Å². The zero-order valence-corrected chi connectivity index (χ0v) is 18.7. The highest BCUT2D eigenvalue weighted by Crippen LogP contribution is 2.47. The third-order valence-corrected chi connectivity index (χ3v) is 5.96. The van der Waals surface area contributed by atoms with E-state index in [1.165, 1.54) is 39.5 Å². The molecule has 0 amide bonds. The maximum absolute atomic E-state index is 13.1. The van der Waals surface area contributed by atoms with Crippen LogP contribution in [-0.4, -0.2) is 73.6 Å². The molecule has 0 spiro atoms. The van der Waals surface area contributed by atoms with E-state index in [2.05, 4.69) is 0 Å². The number of hydrogen-bond donors (Lipinski definition) is 3. The average Bonchev–Trinajstić information content (AvgIpc) is 3.16. The van der Waals surface area contributed by atoms with Crippen LogP contribution in [0.5, 0.6) is 28.7 Å². The fourth-order valence-electron chi connectivity index (χ4n) is 4.24. The van der Waals surface area contributed by atoms with Gasteiger partial charge in [-0.3, -0.25) is 4.79 Å². The standard InChI is InChI=1S/C24H29NO7/c1-25-10-9-15(16(25)13-26)22-20(31-3)12-21(32-4)23(24(22)29)17(27)7-5-14-6-8-19(30-2)18(28)11-14/h5-8,11-12,15-16,26,28-29H,9-10,13H2,1-4H3/b7-5+. The van der Waals surface area contributed by atoms with Crippen LogP contribution < -0.4 is 14.2 Å². The van der Waals surface area contributed by atoms with Gasteiger partial charge in [0.25, 0.3) is 0 Å². The molecule has 1 fully saturated rings. The number of aliphatic hydroxyl groups is 1. The van der Waals surface area contributed by atoms with Gasteiger partial charge in [0.15, 0.2) is 17.3 Å². The molecule has 3 rings (SSSR count). The Morgan fingerprint density at radius 3 is 2.38 bits per heavy atom. The first-order valence-electron chi connectivity index (χ1n) is 10.2. The lowest BCUT2D eigenvalue weighted by molar-refractivity contribution is 0.104. The van der Waals surface area contributed by atoms with Crippen molar-refractivity contribution in [3.8, 4) is 28.7 Å². The molecule has 32 heavy (non-hydrogen) atoms. The van der Waals surface area contributed by atoms with E-state index in [9.17, 15) is 20.1 Å². The summed E-state index contributed by atoms with van der Waals surface area (Å²) in [4.78, 5) is 15.1. The number of methoxy groups -OCH3 is 3. The molecule has 1 aliphatic heterocycles. The van der Waals surface area contributed by atoms with Gasteiger partial charge in [-0.05, 0) is 43.8 Å². The number of rotatable bonds is 8. The van der Waals surface area contributed by atoms with Gasteiger partial charge < -0.3 is 34.4 Å². The second-order valence-corrected chi connectivity index (χ2v) is 7.67. The van der Waals surface area contributed by atoms with E-state index >= 15 is 0 Å². The topological polar surface area (TPSA) is 109 Å².